The van der Waals surface area contributed by atoms with Crippen LogP contribution in [0.1, 0.15) is 18.3 Å². The molecule has 0 aliphatic rings. The van der Waals surface area contributed by atoms with Crippen molar-refractivity contribution in [2.75, 3.05) is 11.0 Å². The maximum Gasteiger partial charge on any atom is 0.0860 e. The minimum absolute atomic E-state index is 0.799. The van der Waals surface area contributed by atoms with Gasteiger partial charge in [0.05, 0.1) is 16.4 Å². The average molecular weight is 328 g/mol. The molecule has 0 saturated heterocycles. The van der Waals surface area contributed by atoms with Crippen LogP contribution in [0.15, 0.2) is 0 Å². The van der Waals surface area contributed by atoms with E-state index in [0.29, 0.717) is 0 Å². The van der Waals surface area contributed by atoms with Crippen LogP contribution in [0.3, 0.4) is 0 Å². The van der Waals surface area contributed by atoms with Gasteiger partial charge < -0.3 is 5.32 Å². The summed E-state index contributed by atoms with van der Waals surface area (Å²) >= 11 is 8.49. The number of alkyl halides is 1. The summed E-state index contributed by atoms with van der Waals surface area (Å²) in [5.74, 6) is 0. The molecule has 0 aromatic carbocycles. The topological polar surface area (TPSA) is 29.9 Å². The zero-order valence-electron chi connectivity index (χ0n) is 8.48. The lowest BCUT2D eigenvalue weighted by Crippen LogP contribution is -2.18. The van der Waals surface area contributed by atoms with Crippen molar-refractivity contribution in [3.8, 4) is 0 Å². The first kappa shape index (κ1) is 12.3. The van der Waals surface area contributed by atoms with Crippen LogP contribution in [0.4, 0.5) is 0 Å². The molecular weight excluding hydrogens is 312 g/mol. The number of aromatic nitrogens is 2. The van der Waals surface area contributed by atoms with E-state index in [0.717, 1.165) is 40.5 Å². The van der Waals surface area contributed by atoms with Crippen molar-refractivity contribution >= 4 is 34.2 Å². The first-order chi connectivity index (χ1) is 6.70. The fourth-order valence-electron chi connectivity index (χ4n) is 1.31. The van der Waals surface area contributed by atoms with Crippen LogP contribution < -0.4 is 5.32 Å². The number of halogens is 2. The van der Waals surface area contributed by atoms with Crippen molar-refractivity contribution in [3.63, 3.8) is 0 Å². The first-order valence-electron chi connectivity index (χ1n) is 4.69. The Hall–Kier alpha value is 0.190. The predicted octanol–water partition coefficient (Wildman–Crippen LogP) is 2.39. The lowest BCUT2D eigenvalue weighted by atomic mass is 10.3. The van der Waals surface area contributed by atoms with E-state index in [2.05, 4.69) is 39.9 Å². The van der Waals surface area contributed by atoms with Crippen LogP contribution in [-0.2, 0) is 13.1 Å². The van der Waals surface area contributed by atoms with Gasteiger partial charge in [-0.05, 0) is 13.8 Å². The van der Waals surface area contributed by atoms with Crippen molar-refractivity contribution in [1.82, 2.24) is 15.1 Å². The molecule has 14 heavy (non-hydrogen) atoms. The van der Waals surface area contributed by atoms with Gasteiger partial charge in [0.2, 0.25) is 0 Å². The van der Waals surface area contributed by atoms with Crippen molar-refractivity contribution in [3.05, 3.63) is 16.4 Å². The normalized spacial score (nSPS) is 10.9. The van der Waals surface area contributed by atoms with Gasteiger partial charge in [-0.15, -0.1) is 0 Å². The maximum absolute atomic E-state index is 6.15. The summed E-state index contributed by atoms with van der Waals surface area (Å²) < 4.78 is 3.06. The number of rotatable bonds is 5. The fourth-order valence-corrected chi connectivity index (χ4v) is 1.90. The van der Waals surface area contributed by atoms with Crippen LogP contribution in [0, 0.1) is 6.92 Å². The van der Waals surface area contributed by atoms with Crippen molar-refractivity contribution in [2.24, 2.45) is 0 Å². The number of nitrogens with zero attached hydrogens (tertiary/aromatic N) is 2. The Morgan fingerprint density at radius 3 is 2.86 bits per heavy atom. The van der Waals surface area contributed by atoms with Crippen LogP contribution in [0.25, 0.3) is 0 Å². The molecule has 0 amide bonds. The van der Waals surface area contributed by atoms with Crippen LogP contribution >= 0.6 is 34.2 Å². The van der Waals surface area contributed by atoms with Gasteiger partial charge >= 0.3 is 0 Å². The van der Waals surface area contributed by atoms with Gasteiger partial charge in [-0.25, -0.2) is 0 Å². The standard InChI is InChI=1S/C9H15ClIN3/c1-3-14-8(6-12-5-4-11)9(10)7(2)13-14/h12H,3-6H2,1-2H3. The molecule has 0 aliphatic carbocycles. The highest BCUT2D eigenvalue weighted by atomic mass is 127. The second-order valence-corrected chi connectivity index (χ2v) is 4.48. The van der Waals surface area contributed by atoms with E-state index in [1.807, 2.05) is 11.6 Å². The van der Waals surface area contributed by atoms with Crippen molar-refractivity contribution in [1.29, 1.82) is 0 Å². The molecular formula is C9H15ClIN3. The van der Waals surface area contributed by atoms with Gasteiger partial charge in [-0.2, -0.15) is 5.10 Å². The quantitative estimate of drug-likeness (QED) is 0.511. The van der Waals surface area contributed by atoms with Gasteiger partial charge in [0, 0.05) is 24.1 Å². The molecule has 1 N–H and O–H groups in total. The Morgan fingerprint density at radius 1 is 1.57 bits per heavy atom. The van der Waals surface area contributed by atoms with Crippen LogP contribution in [-0.4, -0.2) is 20.8 Å². The molecule has 0 aliphatic heterocycles. The molecule has 5 heteroatoms. The molecule has 1 heterocycles. The summed E-state index contributed by atoms with van der Waals surface area (Å²) in [7, 11) is 0. The maximum atomic E-state index is 6.15. The molecule has 80 valence electrons. The Labute approximate surface area is 103 Å². The zero-order chi connectivity index (χ0) is 10.6. The SMILES string of the molecule is CCn1nc(C)c(Cl)c1CNCCI. The predicted molar refractivity (Wildman–Crippen MR) is 68.2 cm³/mol. The molecule has 1 aromatic heterocycles. The summed E-state index contributed by atoms with van der Waals surface area (Å²) in [5, 5.41) is 8.48. The molecule has 0 unspecified atom stereocenters. The van der Waals surface area contributed by atoms with E-state index in [1.165, 1.54) is 0 Å². The number of hydrogen-bond donors (Lipinski definition) is 1. The largest absolute Gasteiger partial charge is 0.310 e. The molecule has 0 bridgehead atoms. The third-order valence-corrected chi connectivity index (χ3v) is 3.05. The van der Waals surface area contributed by atoms with E-state index < -0.39 is 0 Å². The molecule has 0 spiro atoms. The molecule has 3 nitrogen and oxygen atoms in total. The zero-order valence-corrected chi connectivity index (χ0v) is 11.4. The highest BCUT2D eigenvalue weighted by molar-refractivity contribution is 14.1. The highest BCUT2D eigenvalue weighted by Gasteiger charge is 2.11. The van der Waals surface area contributed by atoms with Crippen LogP contribution in [0.2, 0.25) is 5.02 Å². The van der Waals surface area contributed by atoms with Crippen molar-refractivity contribution in [2.45, 2.75) is 26.9 Å². The van der Waals surface area contributed by atoms with Gasteiger partial charge in [-0.3, -0.25) is 4.68 Å². The Balaban J connectivity index is 2.72. The van der Waals surface area contributed by atoms with E-state index in [-0.39, 0.29) is 0 Å². The van der Waals surface area contributed by atoms with E-state index in [4.69, 9.17) is 11.6 Å². The van der Waals surface area contributed by atoms with E-state index >= 15 is 0 Å². The molecule has 1 rings (SSSR count). The smallest absolute Gasteiger partial charge is 0.0860 e. The summed E-state index contributed by atoms with van der Waals surface area (Å²) in [4.78, 5) is 0. The minimum Gasteiger partial charge on any atom is -0.310 e. The molecule has 0 atom stereocenters. The lowest BCUT2D eigenvalue weighted by Gasteiger charge is -2.05. The summed E-state index contributed by atoms with van der Waals surface area (Å²) in [6, 6.07) is 0. The first-order valence-corrected chi connectivity index (χ1v) is 6.59. The van der Waals surface area contributed by atoms with Gasteiger partial charge in [0.1, 0.15) is 0 Å². The fraction of sp³-hybridized carbons (Fsp3) is 0.667. The Bertz CT molecular complexity index is 298. The third kappa shape index (κ3) is 2.84. The summed E-state index contributed by atoms with van der Waals surface area (Å²) in [6.07, 6.45) is 0. The summed E-state index contributed by atoms with van der Waals surface area (Å²) in [6.45, 7) is 6.69. The van der Waals surface area contributed by atoms with Gasteiger partial charge in [-0.1, -0.05) is 34.2 Å². The van der Waals surface area contributed by atoms with Gasteiger partial charge in [0.25, 0.3) is 0 Å². The van der Waals surface area contributed by atoms with Gasteiger partial charge in [0.15, 0.2) is 0 Å². The Morgan fingerprint density at radius 2 is 2.29 bits per heavy atom. The number of aryl methyl sites for hydroxylation is 2. The summed E-state index contributed by atoms with van der Waals surface area (Å²) in [5.41, 5.74) is 2.01. The number of nitrogens with one attached hydrogen (secondary N) is 1. The minimum atomic E-state index is 0.799. The molecule has 0 radical (unpaired) electrons. The average Bonchev–Trinajstić information content (AvgIpc) is 2.45. The van der Waals surface area contributed by atoms with Crippen molar-refractivity contribution < 1.29 is 0 Å². The third-order valence-electron chi connectivity index (χ3n) is 2.02. The lowest BCUT2D eigenvalue weighted by molar-refractivity contribution is 0.589. The Kier molecular flexibility index (Phi) is 5.19. The monoisotopic (exact) mass is 327 g/mol. The number of hydrogen-bond acceptors (Lipinski definition) is 2. The molecule has 0 saturated carbocycles. The molecule has 1 aromatic rings. The van der Waals surface area contributed by atoms with Crippen LogP contribution in [0.5, 0.6) is 0 Å². The highest BCUT2D eigenvalue weighted by Crippen LogP contribution is 2.19. The second-order valence-electron chi connectivity index (χ2n) is 3.03. The van der Waals surface area contributed by atoms with E-state index in [1.54, 1.807) is 0 Å². The second kappa shape index (κ2) is 5.92. The molecule has 0 fully saturated rings. The van der Waals surface area contributed by atoms with E-state index in [9.17, 15) is 0 Å².